The van der Waals surface area contributed by atoms with E-state index in [1.807, 2.05) is 11.8 Å². The van der Waals surface area contributed by atoms with E-state index in [2.05, 4.69) is 9.97 Å². The Morgan fingerprint density at radius 2 is 2.20 bits per heavy atom. The molecule has 2 fully saturated rings. The van der Waals surface area contributed by atoms with Crippen LogP contribution in [-0.2, 0) is 0 Å². The van der Waals surface area contributed by atoms with E-state index in [1.165, 1.54) is 0 Å². The van der Waals surface area contributed by atoms with Crippen molar-refractivity contribution < 1.29 is 4.79 Å². The zero-order chi connectivity index (χ0) is 14.1. The van der Waals surface area contributed by atoms with Crippen LogP contribution in [0.2, 0.25) is 0 Å². The number of rotatable bonds is 3. The summed E-state index contributed by atoms with van der Waals surface area (Å²) in [6.45, 7) is 2.76. The minimum atomic E-state index is 0.00369. The molecular formula is C15H22N4O. The molecule has 20 heavy (non-hydrogen) atoms. The molecule has 1 saturated carbocycles. The molecule has 5 heteroatoms. The Kier molecular flexibility index (Phi) is 3.70. The summed E-state index contributed by atoms with van der Waals surface area (Å²) in [5.74, 6) is 1.30. The number of carbonyl (C=O) groups is 1. The van der Waals surface area contributed by atoms with E-state index in [0.717, 1.165) is 44.5 Å². The number of likely N-dealkylation sites (tertiary alicyclic amines) is 1. The van der Waals surface area contributed by atoms with Gasteiger partial charge in [0.15, 0.2) is 0 Å². The molecule has 0 unspecified atom stereocenters. The number of hydrogen-bond donors (Lipinski definition) is 1. The maximum absolute atomic E-state index is 12.7. The van der Waals surface area contributed by atoms with Crippen LogP contribution in [0.25, 0.3) is 0 Å². The SMILES string of the molecule is C[C@@H](N)[C@@H]1CCCCN1C(=O)c1ccnc(C2CC2)n1. The first-order chi connectivity index (χ1) is 9.66. The van der Waals surface area contributed by atoms with Crippen molar-refractivity contribution in [3.8, 4) is 0 Å². The van der Waals surface area contributed by atoms with Gasteiger partial charge >= 0.3 is 0 Å². The van der Waals surface area contributed by atoms with Gasteiger partial charge in [0.2, 0.25) is 0 Å². The monoisotopic (exact) mass is 274 g/mol. The normalized spacial score (nSPS) is 24.5. The molecule has 1 aromatic rings. The van der Waals surface area contributed by atoms with Gasteiger partial charge in [-0.25, -0.2) is 9.97 Å². The third kappa shape index (κ3) is 2.68. The van der Waals surface area contributed by atoms with Crippen molar-refractivity contribution in [1.82, 2.24) is 14.9 Å². The van der Waals surface area contributed by atoms with Crippen LogP contribution in [-0.4, -0.2) is 39.4 Å². The molecule has 0 aromatic carbocycles. The second-order valence-electron chi connectivity index (χ2n) is 6.00. The van der Waals surface area contributed by atoms with Gasteiger partial charge in [0.1, 0.15) is 11.5 Å². The fourth-order valence-electron chi connectivity index (χ4n) is 2.93. The van der Waals surface area contributed by atoms with Crippen LogP contribution in [0.4, 0.5) is 0 Å². The molecule has 5 nitrogen and oxygen atoms in total. The summed E-state index contributed by atoms with van der Waals surface area (Å²) in [5.41, 5.74) is 6.56. The second kappa shape index (κ2) is 5.48. The summed E-state index contributed by atoms with van der Waals surface area (Å²) in [4.78, 5) is 23.3. The Labute approximate surface area is 119 Å². The van der Waals surface area contributed by atoms with Gasteiger partial charge in [-0.3, -0.25) is 4.79 Å². The molecule has 2 N–H and O–H groups in total. The maximum Gasteiger partial charge on any atom is 0.272 e. The van der Waals surface area contributed by atoms with Crippen LogP contribution in [0.5, 0.6) is 0 Å². The van der Waals surface area contributed by atoms with Gasteiger partial charge in [0.05, 0.1) is 0 Å². The number of nitrogens with zero attached hydrogens (tertiary/aromatic N) is 3. The topological polar surface area (TPSA) is 72.1 Å². The smallest absolute Gasteiger partial charge is 0.272 e. The highest BCUT2D eigenvalue weighted by Crippen LogP contribution is 2.37. The second-order valence-corrected chi connectivity index (χ2v) is 6.00. The Balaban J connectivity index is 1.81. The van der Waals surface area contributed by atoms with Crippen molar-refractivity contribution in [3.63, 3.8) is 0 Å². The first-order valence-corrected chi connectivity index (χ1v) is 7.56. The first-order valence-electron chi connectivity index (χ1n) is 7.56. The van der Waals surface area contributed by atoms with Crippen LogP contribution in [0.15, 0.2) is 12.3 Å². The van der Waals surface area contributed by atoms with E-state index < -0.39 is 0 Å². The van der Waals surface area contributed by atoms with E-state index >= 15 is 0 Å². The molecule has 2 aliphatic rings. The zero-order valence-corrected chi connectivity index (χ0v) is 12.0. The van der Waals surface area contributed by atoms with Gasteiger partial charge in [-0.1, -0.05) is 0 Å². The van der Waals surface area contributed by atoms with Gasteiger partial charge in [0.25, 0.3) is 5.91 Å². The molecule has 0 radical (unpaired) electrons. The number of carbonyl (C=O) groups excluding carboxylic acids is 1. The molecular weight excluding hydrogens is 252 g/mol. The molecule has 1 aromatic heterocycles. The van der Waals surface area contributed by atoms with Crippen LogP contribution in [0.1, 0.15) is 61.3 Å². The van der Waals surface area contributed by atoms with E-state index in [4.69, 9.17) is 5.73 Å². The van der Waals surface area contributed by atoms with Gasteiger partial charge in [0, 0.05) is 30.7 Å². The highest BCUT2D eigenvalue weighted by molar-refractivity contribution is 5.92. The lowest BCUT2D eigenvalue weighted by atomic mass is 9.96. The Hall–Kier alpha value is -1.49. The highest BCUT2D eigenvalue weighted by Gasteiger charge is 2.32. The van der Waals surface area contributed by atoms with Crippen molar-refractivity contribution in [2.24, 2.45) is 5.73 Å². The standard InChI is InChI=1S/C15H22N4O/c1-10(16)13-4-2-3-9-19(13)15(20)12-7-8-17-14(18-12)11-5-6-11/h7-8,10-11,13H,2-6,9,16H2,1H3/t10-,13+/m1/s1. The molecule has 1 aliphatic carbocycles. The average Bonchev–Trinajstić information content (AvgIpc) is 3.31. The Morgan fingerprint density at radius 3 is 2.90 bits per heavy atom. The van der Waals surface area contributed by atoms with E-state index in [-0.39, 0.29) is 18.0 Å². The lowest BCUT2D eigenvalue weighted by Crippen LogP contribution is -2.51. The zero-order valence-electron chi connectivity index (χ0n) is 12.0. The van der Waals surface area contributed by atoms with E-state index in [0.29, 0.717) is 11.6 Å². The summed E-state index contributed by atoms with van der Waals surface area (Å²) >= 11 is 0. The molecule has 108 valence electrons. The summed E-state index contributed by atoms with van der Waals surface area (Å²) < 4.78 is 0. The number of aromatic nitrogens is 2. The minimum absolute atomic E-state index is 0.00369. The van der Waals surface area contributed by atoms with Gasteiger partial charge < -0.3 is 10.6 Å². The van der Waals surface area contributed by atoms with Crippen LogP contribution in [0.3, 0.4) is 0 Å². The number of amides is 1. The Morgan fingerprint density at radius 1 is 1.40 bits per heavy atom. The molecule has 2 heterocycles. The number of nitrogens with two attached hydrogens (primary N) is 1. The van der Waals surface area contributed by atoms with Crippen LogP contribution >= 0.6 is 0 Å². The largest absolute Gasteiger partial charge is 0.333 e. The molecule has 0 spiro atoms. The summed E-state index contributed by atoms with van der Waals surface area (Å²) in [6.07, 6.45) is 7.18. The quantitative estimate of drug-likeness (QED) is 0.910. The fraction of sp³-hybridized carbons (Fsp3) is 0.667. The first kappa shape index (κ1) is 13.5. The highest BCUT2D eigenvalue weighted by atomic mass is 16.2. The summed E-state index contributed by atoms with van der Waals surface area (Å²) in [6, 6.07) is 1.86. The number of piperidine rings is 1. The van der Waals surface area contributed by atoms with Gasteiger partial charge in [-0.2, -0.15) is 0 Å². The van der Waals surface area contributed by atoms with Crippen molar-refractivity contribution in [3.05, 3.63) is 23.8 Å². The van der Waals surface area contributed by atoms with Crippen LogP contribution in [0, 0.1) is 0 Å². The fourth-order valence-corrected chi connectivity index (χ4v) is 2.93. The third-order valence-corrected chi connectivity index (χ3v) is 4.25. The van der Waals surface area contributed by atoms with Crippen molar-refractivity contribution in [2.75, 3.05) is 6.54 Å². The molecule has 1 aliphatic heterocycles. The lowest BCUT2D eigenvalue weighted by Gasteiger charge is -2.37. The lowest BCUT2D eigenvalue weighted by molar-refractivity contribution is 0.0577. The van der Waals surface area contributed by atoms with Crippen LogP contribution < -0.4 is 5.73 Å². The van der Waals surface area contributed by atoms with Crippen molar-refractivity contribution in [1.29, 1.82) is 0 Å². The maximum atomic E-state index is 12.7. The van der Waals surface area contributed by atoms with Crippen molar-refractivity contribution in [2.45, 2.75) is 57.0 Å². The van der Waals surface area contributed by atoms with Crippen molar-refractivity contribution >= 4 is 5.91 Å². The van der Waals surface area contributed by atoms with Gasteiger partial charge in [-0.15, -0.1) is 0 Å². The Bertz CT molecular complexity index is 498. The summed E-state index contributed by atoms with van der Waals surface area (Å²) in [7, 11) is 0. The summed E-state index contributed by atoms with van der Waals surface area (Å²) in [5, 5.41) is 0. The molecule has 2 atom stereocenters. The minimum Gasteiger partial charge on any atom is -0.333 e. The molecule has 3 rings (SSSR count). The average molecular weight is 274 g/mol. The van der Waals surface area contributed by atoms with Gasteiger partial charge in [-0.05, 0) is 45.1 Å². The number of hydrogen-bond acceptors (Lipinski definition) is 4. The van der Waals surface area contributed by atoms with E-state index in [1.54, 1.807) is 12.3 Å². The predicted octanol–water partition coefficient (Wildman–Crippen LogP) is 1.70. The van der Waals surface area contributed by atoms with E-state index in [9.17, 15) is 4.79 Å². The third-order valence-electron chi connectivity index (χ3n) is 4.25. The molecule has 1 saturated heterocycles. The molecule has 1 amide bonds. The predicted molar refractivity (Wildman–Crippen MR) is 76.3 cm³/mol. The molecule has 0 bridgehead atoms.